The number of hydrogen-bond acceptors (Lipinski definition) is 5. The van der Waals surface area contributed by atoms with Crippen molar-refractivity contribution in [3.05, 3.63) is 29.8 Å². The first-order chi connectivity index (χ1) is 10.0. The van der Waals surface area contributed by atoms with E-state index in [9.17, 15) is 14.4 Å². The second-order valence-corrected chi connectivity index (χ2v) is 6.18. The monoisotopic (exact) mass is 307 g/mol. The Morgan fingerprint density at radius 1 is 1.33 bits per heavy atom. The molecule has 1 aliphatic heterocycles. The zero-order chi connectivity index (χ0) is 15.4. The van der Waals surface area contributed by atoms with Gasteiger partial charge < -0.3 is 9.64 Å². The van der Waals surface area contributed by atoms with Gasteiger partial charge in [0.15, 0.2) is 5.12 Å². The van der Waals surface area contributed by atoms with Gasteiger partial charge >= 0.3 is 5.97 Å². The summed E-state index contributed by atoms with van der Waals surface area (Å²) in [5.41, 5.74) is 1.20. The fourth-order valence-electron chi connectivity index (χ4n) is 2.23. The summed E-state index contributed by atoms with van der Waals surface area (Å²) >= 11 is 1.20. The number of nitrogens with zero attached hydrogens (tertiary/aromatic N) is 1. The molecule has 1 saturated heterocycles. The normalized spacial score (nSPS) is 17.9. The number of carbonyl (C=O) groups excluding carboxylic acids is 3. The highest BCUT2D eigenvalue weighted by atomic mass is 32.2. The minimum atomic E-state index is -0.373. The topological polar surface area (TPSA) is 63.7 Å². The lowest BCUT2D eigenvalue weighted by atomic mass is 10.2. The highest BCUT2D eigenvalue weighted by molar-refractivity contribution is 8.14. The Morgan fingerprint density at radius 2 is 2.00 bits per heavy atom. The molecule has 0 spiro atoms. The second kappa shape index (κ2) is 6.76. The van der Waals surface area contributed by atoms with Crippen molar-refractivity contribution in [1.82, 2.24) is 0 Å². The summed E-state index contributed by atoms with van der Waals surface area (Å²) in [6.45, 7) is 4.10. The molecule has 1 fully saturated rings. The van der Waals surface area contributed by atoms with Gasteiger partial charge in [-0.3, -0.25) is 9.59 Å². The van der Waals surface area contributed by atoms with Crippen molar-refractivity contribution in [2.75, 3.05) is 18.1 Å². The molecule has 1 aromatic rings. The van der Waals surface area contributed by atoms with Gasteiger partial charge in [-0.15, -0.1) is 0 Å². The quantitative estimate of drug-likeness (QED) is 0.798. The van der Waals surface area contributed by atoms with Crippen molar-refractivity contribution in [3.8, 4) is 0 Å². The summed E-state index contributed by atoms with van der Waals surface area (Å²) in [6.07, 6.45) is 0.365. The largest absolute Gasteiger partial charge is 0.462 e. The van der Waals surface area contributed by atoms with Crippen molar-refractivity contribution in [2.24, 2.45) is 0 Å². The maximum absolute atomic E-state index is 12.0. The first-order valence-corrected chi connectivity index (χ1v) is 7.64. The van der Waals surface area contributed by atoms with E-state index in [4.69, 9.17) is 4.74 Å². The average Bonchev–Trinajstić information content (AvgIpc) is 2.79. The Bertz CT molecular complexity index is 555. The molecule has 1 aliphatic rings. The van der Waals surface area contributed by atoms with E-state index in [0.29, 0.717) is 25.1 Å². The number of thioether (sulfide) groups is 1. The van der Waals surface area contributed by atoms with E-state index in [2.05, 4.69) is 0 Å². The first kappa shape index (κ1) is 15.6. The molecule has 1 atom stereocenters. The minimum absolute atomic E-state index is 0.000247. The second-order valence-electron chi connectivity index (χ2n) is 4.71. The maximum Gasteiger partial charge on any atom is 0.338 e. The molecule has 0 aliphatic carbocycles. The van der Waals surface area contributed by atoms with Gasteiger partial charge in [-0.2, -0.15) is 0 Å². The van der Waals surface area contributed by atoms with Crippen LogP contribution in [0.15, 0.2) is 24.3 Å². The smallest absolute Gasteiger partial charge is 0.338 e. The van der Waals surface area contributed by atoms with E-state index in [1.54, 1.807) is 36.1 Å². The molecule has 0 radical (unpaired) electrons. The fourth-order valence-corrected chi connectivity index (χ4v) is 3.15. The van der Waals surface area contributed by atoms with E-state index in [-0.39, 0.29) is 22.2 Å². The Kier molecular flexibility index (Phi) is 5.01. The molecule has 1 amide bonds. The van der Waals surface area contributed by atoms with Crippen LogP contribution in [-0.4, -0.2) is 35.4 Å². The fraction of sp³-hybridized carbons (Fsp3) is 0.400. The van der Waals surface area contributed by atoms with Crippen LogP contribution in [0.5, 0.6) is 0 Å². The molecule has 0 bridgehead atoms. The Balaban J connectivity index is 2.07. The van der Waals surface area contributed by atoms with E-state index < -0.39 is 0 Å². The molecule has 1 unspecified atom stereocenters. The molecular formula is C15H17NO4S. The summed E-state index contributed by atoms with van der Waals surface area (Å²) < 4.78 is 4.91. The van der Waals surface area contributed by atoms with Crippen LogP contribution in [0.4, 0.5) is 5.69 Å². The lowest BCUT2D eigenvalue weighted by molar-refractivity contribution is -0.117. The highest BCUT2D eigenvalue weighted by Crippen LogP contribution is 2.28. The minimum Gasteiger partial charge on any atom is -0.462 e. The van der Waals surface area contributed by atoms with Crippen LogP contribution in [0.25, 0.3) is 0 Å². The van der Waals surface area contributed by atoms with E-state index in [0.717, 1.165) is 5.69 Å². The summed E-state index contributed by atoms with van der Waals surface area (Å²) in [5.74, 6) is -0.376. The van der Waals surface area contributed by atoms with Gasteiger partial charge in [0.2, 0.25) is 5.91 Å². The zero-order valence-corrected chi connectivity index (χ0v) is 12.8. The Labute approximate surface area is 127 Å². The van der Waals surface area contributed by atoms with Crippen LogP contribution in [0.1, 0.15) is 30.6 Å². The summed E-state index contributed by atoms with van der Waals surface area (Å²) in [6, 6.07) is 6.74. The number of anilines is 1. The third-order valence-corrected chi connectivity index (χ3v) is 4.09. The molecule has 2 rings (SSSR count). The SMILES string of the molecule is CCOC(=O)c1ccc(N2CC(SC(C)=O)CC2=O)cc1. The molecule has 112 valence electrons. The number of benzene rings is 1. The maximum atomic E-state index is 12.0. The first-order valence-electron chi connectivity index (χ1n) is 6.76. The van der Waals surface area contributed by atoms with Gasteiger partial charge in [0.1, 0.15) is 0 Å². The number of amides is 1. The predicted octanol–water partition coefficient (Wildman–Crippen LogP) is 2.25. The molecule has 1 heterocycles. The van der Waals surface area contributed by atoms with E-state index >= 15 is 0 Å². The lowest BCUT2D eigenvalue weighted by Crippen LogP contribution is -2.25. The van der Waals surface area contributed by atoms with Gasteiger partial charge in [0.25, 0.3) is 0 Å². The van der Waals surface area contributed by atoms with Crippen LogP contribution in [0.3, 0.4) is 0 Å². The van der Waals surface area contributed by atoms with Crippen molar-refractivity contribution >= 4 is 34.4 Å². The van der Waals surface area contributed by atoms with Crippen molar-refractivity contribution < 1.29 is 19.1 Å². The third kappa shape index (κ3) is 3.85. The molecule has 6 heteroatoms. The molecular weight excluding hydrogens is 290 g/mol. The predicted molar refractivity (Wildman–Crippen MR) is 81.4 cm³/mol. The summed E-state index contributed by atoms with van der Waals surface area (Å²) in [7, 11) is 0. The third-order valence-electron chi connectivity index (χ3n) is 3.11. The van der Waals surface area contributed by atoms with Crippen molar-refractivity contribution in [3.63, 3.8) is 0 Å². The van der Waals surface area contributed by atoms with E-state index in [1.165, 1.54) is 18.7 Å². The standard InChI is InChI=1S/C15H17NO4S/c1-3-20-15(19)11-4-6-12(7-5-11)16-9-13(8-14(16)18)21-10(2)17/h4-7,13H,3,8-9H2,1-2H3. The number of esters is 1. The van der Waals surface area contributed by atoms with Crippen molar-refractivity contribution in [1.29, 1.82) is 0 Å². The van der Waals surface area contributed by atoms with Gasteiger partial charge in [-0.25, -0.2) is 4.79 Å². The van der Waals surface area contributed by atoms with Crippen LogP contribution in [0, 0.1) is 0 Å². The van der Waals surface area contributed by atoms with Crippen molar-refractivity contribution in [2.45, 2.75) is 25.5 Å². The Morgan fingerprint density at radius 3 is 2.57 bits per heavy atom. The summed E-state index contributed by atoms with van der Waals surface area (Å²) in [4.78, 5) is 36.3. The van der Waals surface area contributed by atoms with Crippen LogP contribution >= 0.6 is 11.8 Å². The number of carbonyl (C=O) groups is 3. The van der Waals surface area contributed by atoms with Gasteiger partial charge in [0, 0.05) is 30.8 Å². The highest BCUT2D eigenvalue weighted by Gasteiger charge is 2.31. The number of hydrogen-bond donors (Lipinski definition) is 0. The van der Waals surface area contributed by atoms with Crippen LogP contribution in [0.2, 0.25) is 0 Å². The lowest BCUT2D eigenvalue weighted by Gasteiger charge is -2.16. The van der Waals surface area contributed by atoms with Gasteiger partial charge in [0.05, 0.1) is 12.2 Å². The van der Waals surface area contributed by atoms with Gasteiger partial charge in [-0.05, 0) is 31.2 Å². The molecule has 5 nitrogen and oxygen atoms in total. The Hall–Kier alpha value is -1.82. The van der Waals surface area contributed by atoms with Crippen LogP contribution in [-0.2, 0) is 14.3 Å². The number of ether oxygens (including phenoxy) is 1. The average molecular weight is 307 g/mol. The van der Waals surface area contributed by atoms with E-state index in [1.807, 2.05) is 0 Å². The molecule has 0 N–H and O–H groups in total. The molecule has 0 aromatic heterocycles. The zero-order valence-electron chi connectivity index (χ0n) is 12.0. The molecule has 1 aromatic carbocycles. The number of rotatable bonds is 4. The van der Waals surface area contributed by atoms with Gasteiger partial charge in [-0.1, -0.05) is 11.8 Å². The molecule has 21 heavy (non-hydrogen) atoms. The van der Waals surface area contributed by atoms with Crippen LogP contribution < -0.4 is 4.90 Å². The summed E-state index contributed by atoms with van der Waals surface area (Å²) in [5, 5.41) is 0.0204. The molecule has 0 saturated carbocycles.